The van der Waals surface area contributed by atoms with Crippen molar-refractivity contribution in [3.63, 3.8) is 0 Å². The van der Waals surface area contributed by atoms with Crippen LogP contribution in [-0.4, -0.2) is 30.1 Å². The third-order valence-electron chi connectivity index (χ3n) is 1.67. The fourth-order valence-corrected chi connectivity index (χ4v) is 1.77. The van der Waals surface area contributed by atoms with Crippen molar-refractivity contribution in [3.05, 3.63) is 29.8 Å². The van der Waals surface area contributed by atoms with E-state index in [9.17, 15) is 8.42 Å². The molecule has 1 aromatic rings. The summed E-state index contributed by atoms with van der Waals surface area (Å²) in [5, 5.41) is 17.8. The van der Waals surface area contributed by atoms with Gasteiger partial charge in [0.15, 0.2) is 0 Å². The van der Waals surface area contributed by atoms with Gasteiger partial charge in [0.2, 0.25) is 0 Å². The van der Waals surface area contributed by atoms with Crippen LogP contribution in [-0.2, 0) is 15.9 Å². The second-order valence-corrected chi connectivity index (χ2v) is 4.25. The zero-order valence-electron chi connectivity index (χ0n) is 7.16. The summed E-state index contributed by atoms with van der Waals surface area (Å²) in [6.45, 7) is 0. The molecule has 0 spiro atoms. The molecule has 0 radical (unpaired) electrons. The molecule has 3 N–H and O–H groups in total. The molecule has 0 heterocycles. The lowest BCUT2D eigenvalue weighted by Gasteiger charge is -2.06. The summed E-state index contributed by atoms with van der Waals surface area (Å²) in [4.78, 5) is 0. The second-order valence-electron chi connectivity index (χ2n) is 2.80. The average Bonchev–Trinajstić information content (AvgIpc) is 2.01. The molecule has 14 heavy (non-hydrogen) atoms. The molecule has 0 saturated heterocycles. The topological polar surface area (TPSA) is 94.8 Å². The molecule has 0 bridgehead atoms. The van der Waals surface area contributed by atoms with Crippen LogP contribution in [0.25, 0.3) is 0 Å². The van der Waals surface area contributed by atoms with E-state index in [1.807, 2.05) is 0 Å². The highest BCUT2D eigenvalue weighted by Crippen LogP contribution is 2.02. The van der Waals surface area contributed by atoms with E-state index in [2.05, 4.69) is 0 Å². The van der Waals surface area contributed by atoms with Crippen molar-refractivity contribution >= 4 is 22.7 Å². The molecule has 0 aliphatic rings. The average molecular weight is 216 g/mol. The lowest BCUT2D eigenvalue weighted by molar-refractivity contribution is 0.425. The van der Waals surface area contributed by atoms with Crippen LogP contribution in [0.5, 0.6) is 0 Å². The fourth-order valence-electron chi connectivity index (χ4n) is 1.11. The molecule has 1 rings (SSSR count). The van der Waals surface area contributed by atoms with Gasteiger partial charge in [-0.2, -0.15) is 8.42 Å². The van der Waals surface area contributed by atoms with E-state index in [4.69, 9.17) is 14.6 Å². The number of hydrogen-bond acceptors (Lipinski definition) is 4. The third-order valence-corrected chi connectivity index (χ3v) is 2.35. The zero-order valence-corrected chi connectivity index (χ0v) is 7.98. The Morgan fingerprint density at radius 2 is 1.79 bits per heavy atom. The fraction of sp³-hybridized carbons (Fsp3) is 0.143. The van der Waals surface area contributed by atoms with E-state index in [0.29, 0.717) is 0 Å². The van der Waals surface area contributed by atoms with Crippen molar-refractivity contribution in [1.29, 1.82) is 0 Å². The summed E-state index contributed by atoms with van der Waals surface area (Å²) in [6.07, 6.45) is 0. The Kier molecular flexibility index (Phi) is 3.27. The van der Waals surface area contributed by atoms with E-state index < -0.39 is 23.0 Å². The Morgan fingerprint density at radius 3 is 2.29 bits per heavy atom. The number of benzene rings is 1. The van der Waals surface area contributed by atoms with Gasteiger partial charge >= 0.3 is 7.12 Å². The van der Waals surface area contributed by atoms with Gasteiger partial charge in [0.05, 0.1) is 0 Å². The molecule has 0 fully saturated rings. The van der Waals surface area contributed by atoms with Crippen LogP contribution < -0.4 is 5.46 Å². The monoisotopic (exact) mass is 216 g/mol. The van der Waals surface area contributed by atoms with Crippen LogP contribution in [0.1, 0.15) is 5.56 Å². The molecule has 76 valence electrons. The molecule has 0 amide bonds. The van der Waals surface area contributed by atoms with E-state index in [1.165, 1.54) is 12.1 Å². The van der Waals surface area contributed by atoms with Gasteiger partial charge < -0.3 is 10.0 Å². The van der Waals surface area contributed by atoms with Gasteiger partial charge in [-0.05, 0) is 11.0 Å². The van der Waals surface area contributed by atoms with Gasteiger partial charge in [0.25, 0.3) is 10.1 Å². The van der Waals surface area contributed by atoms with Gasteiger partial charge in [0.1, 0.15) is 5.75 Å². The smallest absolute Gasteiger partial charge is 0.423 e. The molecule has 0 unspecified atom stereocenters. The van der Waals surface area contributed by atoms with Crippen molar-refractivity contribution in [2.24, 2.45) is 0 Å². The van der Waals surface area contributed by atoms with E-state index in [1.54, 1.807) is 12.1 Å². The van der Waals surface area contributed by atoms with Gasteiger partial charge in [0, 0.05) is 0 Å². The maximum atomic E-state index is 10.6. The van der Waals surface area contributed by atoms with Crippen LogP contribution >= 0.6 is 0 Å². The largest absolute Gasteiger partial charge is 0.488 e. The minimum absolute atomic E-state index is 0.0742. The molecule has 7 heteroatoms. The van der Waals surface area contributed by atoms with Gasteiger partial charge in [-0.3, -0.25) is 4.55 Å². The van der Waals surface area contributed by atoms with Crippen LogP contribution in [0.4, 0.5) is 0 Å². The maximum Gasteiger partial charge on any atom is 0.488 e. The molecule has 0 atom stereocenters. The molecule has 1 aromatic carbocycles. The summed E-state index contributed by atoms with van der Waals surface area (Å²) in [5.74, 6) is -0.624. The molecule has 0 aliphatic carbocycles. The first-order valence-corrected chi connectivity index (χ1v) is 5.40. The first-order valence-electron chi connectivity index (χ1n) is 3.79. The van der Waals surface area contributed by atoms with E-state index in [-0.39, 0.29) is 11.0 Å². The van der Waals surface area contributed by atoms with Crippen molar-refractivity contribution in [2.45, 2.75) is 5.75 Å². The Hall–Kier alpha value is -0.885. The summed E-state index contributed by atoms with van der Waals surface area (Å²) < 4.78 is 29.7. The molecule has 0 aliphatic heterocycles. The lowest BCUT2D eigenvalue weighted by atomic mass is 9.77. The quantitative estimate of drug-likeness (QED) is 0.433. The summed E-state index contributed by atoms with van der Waals surface area (Å²) in [6, 6.07) is 5.88. The first kappa shape index (κ1) is 11.2. The number of rotatable bonds is 3. The first-order chi connectivity index (χ1) is 6.40. The van der Waals surface area contributed by atoms with Crippen LogP contribution in [0, 0.1) is 0 Å². The van der Waals surface area contributed by atoms with E-state index in [0.717, 1.165) is 0 Å². The Bertz CT molecular complexity index is 414. The molecule has 0 aromatic heterocycles. The summed E-state index contributed by atoms with van der Waals surface area (Å²) >= 11 is 0. The summed E-state index contributed by atoms with van der Waals surface area (Å²) in [7, 11) is -5.90. The zero-order chi connectivity index (χ0) is 10.8. The third kappa shape index (κ3) is 3.11. The van der Waals surface area contributed by atoms with Gasteiger partial charge in [-0.1, -0.05) is 24.3 Å². The van der Waals surface area contributed by atoms with Crippen LogP contribution in [0.2, 0.25) is 0 Å². The Morgan fingerprint density at radius 1 is 1.21 bits per heavy atom. The normalized spacial score (nSPS) is 11.4. The van der Waals surface area contributed by atoms with Crippen molar-refractivity contribution in [1.82, 2.24) is 0 Å². The Balaban J connectivity index is 3.08. The predicted octanol–water partition coefficient (Wildman–Crippen LogP) is -1.25. The minimum atomic E-state index is -4.16. The maximum absolute atomic E-state index is 10.6. The van der Waals surface area contributed by atoms with E-state index >= 15 is 0 Å². The second kappa shape index (κ2) is 4.10. The van der Waals surface area contributed by atoms with Gasteiger partial charge in [-0.15, -0.1) is 0 Å². The van der Waals surface area contributed by atoms with Crippen LogP contribution in [0.3, 0.4) is 0 Å². The molecule has 5 nitrogen and oxygen atoms in total. The lowest BCUT2D eigenvalue weighted by Crippen LogP contribution is -2.33. The Labute approximate surface area is 81.9 Å². The SMILES string of the molecule is O=S(=O)(O)Cc1ccccc1B(O)O. The standard InChI is InChI=1S/C7H9BO5S/c9-8(10)7-4-2-1-3-6(7)5-14(11,12)13/h1-4,9-10H,5H2,(H,11,12,13). The summed E-state index contributed by atoms with van der Waals surface area (Å²) in [5.41, 5.74) is 0.245. The highest BCUT2D eigenvalue weighted by molar-refractivity contribution is 7.85. The van der Waals surface area contributed by atoms with Crippen molar-refractivity contribution in [3.8, 4) is 0 Å². The van der Waals surface area contributed by atoms with Crippen molar-refractivity contribution in [2.75, 3.05) is 0 Å². The molecular formula is C7H9BO5S. The molecule has 0 saturated carbocycles. The predicted molar refractivity (Wildman–Crippen MR) is 51.5 cm³/mol. The van der Waals surface area contributed by atoms with Crippen LogP contribution in [0.15, 0.2) is 24.3 Å². The number of hydrogen-bond donors (Lipinski definition) is 3. The highest BCUT2D eigenvalue weighted by atomic mass is 32.2. The minimum Gasteiger partial charge on any atom is -0.423 e. The highest BCUT2D eigenvalue weighted by Gasteiger charge is 2.18. The van der Waals surface area contributed by atoms with Gasteiger partial charge in [-0.25, -0.2) is 0 Å². The molecular weight excluding hydrogens is 207 g/mol. The van der Waals surface area contributed by atoms with Crippen molar-refractivity contribution < 1.29 is 23.0 Å².